The lowest BCUT2D eigenvalue weighted by Crippen LogP contribution is -2.01. The minimum atomic E-state index is -0.429. The smallest absolute Gasteiger partial charge is 0.201 e. The number of para-hydroxylation sites is 1. The second-order valence-electron chi connectivity index (χ2n) is 5.49. The Balaban J connectivity index is 1.62. The molecule has 1 aliphatic carbocycles. The maximum absolute atomic E-state index is 13.6. The fourth-order valence-electron chi connectivity index (χ4n) is 2.89. The predicted octanol–water partition coefficient (Wildman–Crippen LogP) is 4.56. The van der Waals surface area contributed by atoms with Crippen LogP contribution in [0.25, 0.3) is 11.0 Å². The molecule has 0 amide bonds. The number of carbonyl (C=O) groups is 1. The molecular weight excluding hydrogens is 267 g/mol. The van der Waals surface area contributed by atoms with Gasteiger partial charge in [-0.15, -0.1) is 0 Å². The van der Waals surface area contributed by atoms with E-state index in [1.54, 1.807) is 18.2 Å². The largest absolute Gasteiger partial charge is 0.450 e. The molecule has 2 unspecified atom stereocenters. The Labute approximate surface area is 121 Å². The minimum Gasteiger partial charge on any atom is -0.450 e. The summed E-state index contributed by atoms with van der Waals surface area (Å²) in [6.45, 7) is 0. The third kappa shape index (κ3) is 2.05. The normalized spacial score (nSPS) is 20.6. The first-order chi connectivity index (χ1) is 10.2. The van der Waals surface area contributed by atoms with Crippen LogP contribution in [-0.2, 0) is 0 Å². The summed E-state index contributed by atoms with van der Waals surface area (Å²) in [5, 5.41) is 0.635. The number of hydrogen-bond donors (Lipinski definition) is 0. The lowest BCUT2D eigenvalue weighted by atomic mass is 10.1. The summed E-state index contributed by atoms with van der Waals surface area (Å²) in [5.74, 6) is 0.0210. The van der Waals surface area contributed by atoms with Crippen molar-refractivity contribution in [2.24, 2.45) is 5.92 Å². The maximum atomic E-state index is 13.6. The molecule has 104 valence electrons. The highest BCUT2D eigenvalue weighted by Crippen LogP contribution is 2.49. The Hall–Kier alpha value is -2.42. The van der Waals surface area contributed by atoms with Crippen molar-refractivity contribution in [3.63, 3.8) is 0 Å². The van der Waals surface area contributed by atoms with Crippen molar-refractivity contribution in [3.05, 3.63) is 71.7 Å². The highest BCUT2D eigenvalue weighted by Gasteiger charge is 2.45. The number of rotatable bonds is 3. The average molecular weight is 280 g/mol. The van der Waals surface area contributed by atoms with E-state index < -0.39 is 5.82 Å². The second kappa shape index (κ2) is 4.55. The Kier molecular flexibility index (Phi) is 2.67. The molecule has 2 aromatic carbocycles. The van der Waals surface area contributed by atoms with Crippen molar-refractivity contribution < 1.29 is 13.6 Å². The lowest BCUT2D eigenvalue weighted by Gasteiger charge is -1.98. The molecule has 0 aliphatic heterocycles. The molecule has 1 aromatic heterocycles. The number of carbonyl (C=O) groups excluding carboxylic acids is 1. The van der Waals surface area contributed by atoms with E-state index in [0.717, 1.165) is 6.42 Å². The van der Waals surface area contributed by atoms with Gasteiger partial charge < -0.3 is 4.42 Å². The number of benzene rings is 2. The highest BCUT2D eigenvalue weighted by atomic mass is 19.1. The zero-order valence-electron chi connectivity index (χ0n) is 11.3. The summed E-state index contributed by atoms with van der Waals surface area (Å²) >= 11 is 0. The minimum absolute atomic E-state index is 0.0283. The molecule has 4 rings (SSSR count). The number of furan rings is 1. The van der Waals surface area contributed by atoms with E-state index in [2.05, 4.69) is 0 Å². The van der Waals surface area contributed by atoms with Gasteiger partial charge in [-0.05, 0) is 30.0 Å². The summed E-state index contributed by atoms with van der Waals surface area (Å²) in [7, 11) is 0. The fraction of sp³-hybridized carbons (Fsp3) is 0.167. The molecular formula is C18H13FO2. The van der Waals surface area contributed by atoms with Gasteiger partial charge in [0.2, 0.25) is 5.78 Å². The Morgan fingerprint density at radius 1 is 1.10 bits per heavy atom. The van der Waals surface area contributed by atoms with Gasteiger partial charge in [0, 0.05) is 11.3 Å². The Morgan fingerprint density at radius 3 is 2.67 bits per heavy atom. The van der Waals surface area contributed by atoms with E-state index in [1.807, 2.05) is 30.3 Å². The monoisotopic (exact) mass is 280 g/mol. The number of hydrogen-bond acceptors (Lipinski definition) is 2. The molecule has 0 bridgehead atoms. The van der Waals surface area contributed by atoms with E-state index >= 15 is 0 Å². The van der Waals surface area contributed by atoms with Crippen LogP contribution in [0.5, 0.6) is 0 Å². The fourth-order valence-corrected chi connectivity index (χ4v) is 2.89. The number of halogens is 1. The van der Waals surface area contributed by atoms with Crippen LogP contribution in [0.2, 0.25) is 0 Å². The van der Waals surface area contributed by atoms with E-state index in [0.29, 0.717) is 5.39 Å². The zero-order chi connectivity index (χ0) is 14.4. The first-order valence-corrected chi connectivity index (χ1v) is 7.01. The Morgan fingerprint density at radius 2 is 1.90 bits per heavy atom. The van der Waals surface area contributed by atoms with Gasteiger partial charge in [-0.3, -0.25) is 4.79 Å². The van der Waals surface area contributed by atoms with Crippen molar-refractivity contribution in [1.29, 1.82) is 0 Å². The standard InChI is InChI=1S/C18H13FO2/c19-15-8-4-7-12-9-16(21-18(12)15)17(20)14-10-13(14)11-5-2-1-3-6-11/h1-9,13-14H,10H2. The van der Waals surface area contributed by atoms with Crippen molar-refractivity contribution in [1.82, 2.24) is 0 Å². The number of ketones is 1. The average Bonchev–Trinajstić information content (AvgIpc) is 3.19. The molecule has 0 spiro atoms. The van der Waals surface area contributed by atoms with E-state index in [9.17, 15) is 9.18 Å². The summed E-state index contributed by atoms with van der Waals surface area (Å²) in [6, 6.07) is 16.3. The van der Waals surface area contributed by atoms with Crippen molar-refractivity contribution in [3.8, 4) is 0 Å². The zero-order valence-corrected chi connectivity index (χ0v) is 11.3. The van der Waals surface area contributed by atoms with Gasteiger partial charge >= 0.3 is 0 Å². The first-order valence-electron chi connectivity index (χ1n) is 7.01. The molecule has 2 atom stereocenters. The van der Waals surface area contributed by atoms with Gasteiger partial charge in [-0.1, -0.05) is 42.5 Å². The van der Waals surface area contributed by atoms with E-state index in [-0.39, 0.29) is 29.0 Å². The van der Waals surface area contributed by atoms with Crippen LogP contribution in [0.4, 0.5) is 4.39 Å². The molecule has 0 N–H and O–H groups in total. The van der Waals surface area contributed by atoms with Gasteiger partial charge in [-0.25, -0.2) is 4.39 Å². The molecule has 2 nitrogen and oxygen atoms in total. The third-order valence-corrected chi connectivity index (χ3v) is 4.09. The SMILES string of the molecule is O=C(c1cc2cccc(F)c2o1)C1CC1c1ccccc1. The van der Waals surface area contributed by atoms with Crippen LogP contribution in [0.1, 0.15) is 28.5 Å². The molecule has 3 heteroatoms. The number of Topliss-reactive ketones (excluding diaryl/α,β-unsaturated/α-hetero) is 1. The van der Waals surface area contributed by atoms with Crippen molar-refractivity contribution in [2.75, 3.05) is 0 Å². The van der Waals surface area contributed by atoms with E-state index in [4.69, 9.17) is 4.42 Å². The molecule has 1 saturated carbocycles. The molecule has 0 saturated heterocycles. The summed E-state index contributed by atoms with van der Waals surface area (Å²) in [4.78, 5) is 12.5. The molecule has 21 heavy (non-hydrogen) atoms. The third-order valence-electron chi connectivity index (χ3n) is 4.09. The summed E-state index contributed by atoms with van der Waals surface area (Å²) in [6.07, 6.45) is 0.836. The summed E-state index contributed by atoms with van der Waals surface area (Å²) < 4.78 is 19.0. The highest BCUT2D eigenvalue weighted by molar-refractivity contribution is 6.01. The number of fused-ring (bicyclic) bond motifs is 1. The molecule has 0 radical (unpaired) electrons. The van der Waals surface area contributed by atoms with Crippen molar-refractivity contribution >= 4 is 16.8 Å². The maximum Gasteiger partial charge on any atom is 0.201 e. The van der Waals surface area contributed by atoms with E-state index in [1.165, 1.54) is 11.6 Å². The quantitative estimate of drug-likeness (QED) is 0.658. The van der Waals surface area contributed by atoms with Gasteiger partial charge in [0.05, 0.1) is 0 Å². The van der Waals surface area contributed by atoms with Crippen LogP contribution in [0.3, 0.4) is 0 Å². The van der Waals surface area contributed by atoms with Crippen LogP contribution in [0, 0.1) is 11.7 Å². The van der Waals surface area contributed by atoms with Crippen LogP contribution >= 0.6 is 0 Å². The van der Waals surface area contributed by atoms with Crippen LogP contribution < -0.4 is 0 Å². The predicted molar refractivity (Wildman–Crippen MR) is 77.8 cm³/mol. The first kappa shape index (κ1) is 12.3. The molecule has 1 heterocycles. The Bertz CT molecular complexity index is 820. The molecule has 1 aliphatic rings. The second-order valence-corrected chi connectivity index (χ2v) is 5.49. The molecule has 1 fully saturated rings. The van der Waals surface area contributed by atoms with Gasteiger partial charge in [-0.2, -0.15) is 0 Å². The van der Waals surface area contributed by atoms with Gasteiger partial charge in [0.25, 0.3) is 0 Å². The molecule has 3 aromatic rings. The topological polar surface area (TPSA) is 30.2 Å². The summed E-state index contributed by atoms with van der Waals surface area (Å²) in [5.41, 5.74) is 1.34. The van der Waals surface area contributed by atoms with Crippen LogP contribution in [0.15, 0.2) is 59.0 Å². The van der Waals surface area contributed by atoms with Gasteiger partial charge in [0.1, 0.15) is 0 Å². The van der Waals surface area contributed by atoms with Crippen LogP contribution in [-0.4, -0.2) is 5.78 Å². The van der Waals surface area contributed by atoms with Gasteiger partial charge in [0.15, 0.2) is 17.2 Å². The lowest BCUT2D eigenvalue weighted by molar-refractivity contribution is 0.0940. The van der Waals surface area contributed by atoms with Crippen molar-refractivity contribution in [2.45, 2.75) is 12.3 Å².